The van der Waals surface area contributed by atoms with Crippen LogP contribution in [0.25, 0.3) is 23.0 Å². The van der Waals surface area contributed by atoms with Gasteiger partial charge in [-0.2, -0.15) is 4.98 Å². The van der Waals surface area contributed by atoms with Crippen molar-refractivity contribution in [3.8, 4) is 23.0 Å². The zero-order valence-electron chi connectivity index (χ0n) is 14.6. The van der Waals surface area contributed by atoms with Gasteiger partial charge < -0.3 is 0 Å². The zero-order chi connectivity index (χ0) is 18.4. The van der Waals surface area contributed by atoms with Crippen molar-refractivity contribution in [3.63, 3.8) is 0 Å². The number of hydrogen-bond acceptors (Lipinski definition) is 7. The van der Waals surface area contributed by atoms with Gasteiger partial charge in [0.05, 0.1) is 6.20 Å². The van der Waals surface area contributed by atoms with Gasteiger partial charge in [0.15, 0.2) is 11.6 Å². The largest absolute Gasteiger partial charge is 0.282 e. The van der Waals surface area contributed by atoms with E-state index in [1.807, 2.05) is 45.7 Å². The van der Waals surface area contributed by atoms with Gasteiger partial charge in [-0.1, -0.05) is 37.3 Å². The predicted molar refractivity (Wildman–Crippen MR) is 99.2 cm³/mol. The highest BCUT2D eigenvalue weighted by molar-refractivity contribution is 5.62. The number of aromatic nitrogens is 7. The van der Waals surface area contributed by atoms with Crippen molar-refractivity contribution in [1.82, 2.24) is 34.3 Å². The topological polar surface area (TPSA) is 104 Å². The SMILES string of the molecule is CCC1c2nncn2-c2cnc(-n3ccnc3-c3ccccc3)nc2N1N. The lowest BCUT2D eigenvalue weighted by molar-refractivity contribution is 0.546. The summed E-state index contributed by atoms with van der Waals surface area (Å²) in [7, 11) is 0. The minimum absolute atomic E-state index is 0.0980. The summed E-state index contributed by atoms with van der Waals surface area (Å²) in [5, 5.41) is 9.87. The number of imidazole rings is 1. The molecule has 1 aliphatic rings. The molecule has 1 atom stereocenters. The zero-order valence-corrected chi connectivity index (χ0v) is 14.6. The summed E-state index contributed by atoms with van der Waals surface area (Å²) in [5.74, 6) is 9.08. The maximum Gasteiger partial charge on any atom is 0.237 e. The molecule has 0 saturated heterocycles. The molecule has 9 nitrogen and oxygen atoms in total. The number of benzene rings is 1. The van der Waals surface area contributed by atoms with E-state index < -0.39 is 0 Å². The first kappa shape index (κ1) is 15.6. The molecule has 0 saturated carbocycles. The van der Waals surface area contributed by atoms with E-state index in [-0.39, 0.29) is 6.04 Å². The number of hydrogen-bond donors (Lipinski definition) is 1. The Labute approximate surface area is 155 Å². The molecule has 1 aliphatic heterocycles. The third-order valence-electron chi connectivity index (χ3n) is 4.72. The number of rotatable bonds is 3. The van der Waals surface area contributed by atoms with Crippen molar-refractivity contribution < 1.29 is 0 Å². The van der Waals surface area contributed by atoms with Crippen LogP contribution >= 0.6 is 0 Å². The van der Waals surface area contributed by atoms with E-state index in [2.05, 4.69) is 27.1 Å². The number of nitrogens with two attached hydrogens (primary N) is 1. The van der Waals surface area contributed by atoms with Gasteiger partial charge in [-0.25, -0.2) is 15.8 Å². The van der Waals surface area contributed by atoms with Gasteiger partial charge in [0.1, 0.15) is 23.9 Å². The van der Waals surface area contributed by atoms with Gasteiger partial charge >= 0.3 is 0 Å². The van der Waals surface area contributed by atoms with Gasteiger partial charge in [0.25, 0.3) is 0 Å². The normalized spacial score (nSPS) is 15.5. The molecule has 0 radical (unpaired) electrons. The molecule has 3 aromatic heterocycles. The summed E-state index contributed by atoms with van der Waals surface area (Å²) < 4.78 is 3.74. The molecule has 0 aliphatic carbocycles. The average molecular weight is 359 g/mol. The van der Waals surface area contributed by atoms with Crippen molar-refractivity contribution in [1.29, 1.82) is 0 Å². The standard InChI is InChI=1S/C18H17N9/c1-2-13-17-24-22-11-26(17)14-10-21-18(23-16(14)27(13)19)25-9-8-20-15(25)12-6-4-3-5-7-12/h3-11,13H,2,19H2,1H3. The lowest BCUT2D eigenvalue weighted by Gasteiger charge is -2.33. The Hall–Kier alpha value is -3.59. The van der Waals surface area contributed by atoms with Crippen LogP contribution in [0.15, 0.2) is 55.2 Å². The second-order valence-electron chi connectivity index (χ2n) is 6.26. The van der Waals surface area contributed by atoms with Crippen LogP contribution in [0.1, 0.15) is 25.2 Å². The highest BCUT2D eigenvalue weighted by Crippen LogP contribution is 2.35. The third-order valence-corrected chi connectivity index (χ3v) is 4.72. The Kier molecular flexibility index (Phi) is 3.47. The molecule has 2 N–H and O–H groups in total. The molecular formula is C18H17N9. The van der Waals surface area contributed by atoms with E-state index in [1.165, 1.54) is 0 Å². The second kappa shape index (κ2) is 5.99. The first-order valence-electron chi connectivity index (χ1n) is 8.68. The summed E-state index contributed by atoms with van der Waals surface area (Å²) in [5.41, 5.74) is 1.74. The molecule has 0 fully saturated rings. The van der Waals surface area contributed by atoms with E-state index in [0.717, 1.165) is 29.3 Å². The molecule has 5 rings (SSSR count). The molecule has 0 amide bonds. The van der Waals surface area contributed by atoms with Crippen molar-refractivity contribution in [2.75, 3.05) is 5.01 Å². The number of nitrogens with zero attached hydrogens (tertiary/aromatic N) is 8. The first-order valence-corrected chi connectivity index (χ1v) is 8.68. The van der Waals surface area contributed by atoms with Crippen molar-refractivity contribution in [2.24, 2.45) is 5.84 Å². The predicted octanol–water partition coefficient (Wildman–Crippen LogP) is 2.05. The van der Waals surface area contributed by atoms with Crippen molar-refractivity contribution >= 4 is 5.82 Å². The minimum atomic E-state index is -0.0980. The Morgan fingerprint density at radius 1 is 1.11 bits per heavy atom. The fourth-order valence-electron chi connectivity index (χ4n) is 3.41. The first-order chi connectivity index (χ1) is 13.3. The molecule has 9 heteroatoms. The van der Waals surface area contributed by atoms with Crippen LogP contribution in [0.3, 0.4) is 0 Å². The summed E-state index contributed by atoms with van der Waals surface area (Å²) in [4.78, 5) is 13.7. The third kappa shape index (κ3) is 2.32. The summed E-state index contributed by atoms with van der Waals surface area (Å²) in [6.07, 6.45) is 7.77. The Balaban J connectivity index is 1.65. The molecular weight excluding hydrogens is 342 g/mol. The van der Waals surface area contributed by atoms with Crippen molar-refractivity contribution in [3.05, 3.63) is 61.1 Å². The Morgan fingerprint density at radius 3 is 2.78 bits per heavy atom. The average Bonchev–Trinajstić information content (AvgIpc) is 3.39. The summed E-state index contributed by atoms with van der Waals surface area (Å²) in [6.45, 7) is 2.06. The van der Waals surface area contributed by atoms with Gasteiger partial charge in [-0.15, -0.1) is 10.2 Å². The van der Waals surface area contributed by atoms with E-state index in [0.29, 0.717) is 11.8 Å². The van der Waals surface area contributed by atoms with E-state index in [1.54, 1.807) is 23.7 Å². The van der Waals surface area contributed by atoms with Crippen LogP contribution in [0.5, 0.6) is 0 Å². The highest BCUT2D eigenvalue weighted by atomic mass is 15.5. The summed E-state index contributed by atoms with van der Waals surface area (Å²) >= 11 is 0. The van der Waals surface area contributed by atoms with Gasteiger partial charge in [-0.05, 0) is 6.42 Å². The van der Waals surface area contributed by atoms with E-state index >= 15 is 0 Å². The number of hydrazine groups is 1. The quantitative estimate of drug-likeness (QED) is 0.558. The van der Waals surface area contributed by atoms with Crippen LogP contribution in [0.4, 0.5) is 5.82 Å². The summed E-state index contributed by atoms with van der Waals surface area (Å²) in [6, 6.07) is 9.83. The van der Waals surface area contributed by atoms with Gasteiger partial charge in [0.2, 0.25) is 5.95 Å². The molecule has 0 spiro atoms. The van der Waals surface area contributed by atoms with Gasteiger partial charge in [0, 0.05) is 18.0 Å². The highest BCUT2D eigenvalue weighted by Gasteiger charge is 2.32. The molecule has 0 bridgehead atoms. The monoisotopic (exact) mass is 359 g/mol. The Bertz CT molecular complexity index is 1100. The molecule has 1 unspecified atom stereocenters. The van der Waals surface area contributed by atoms with Crippen LogP contribution in [-0.4, -0.2) is 34.3 Å². The van der Waals surface area contributed by atoms with Crippen LogP contribution in [-0.2, 0) is 0 Å². The number of fused-ring (bicyclic) bond motifs is 3. The fourth-order valence-corrected chi connectivity index (χ4v) is 3.41. The van der Waals surface area contributed by atoms with E-state index in [4.69, 9.17) is 10.8 Å². The maximum atomic E-state index is 6.38. The number of anilines is 1. The van der Waals surface area contributed by atoms with Crippen LogP contribution < -0.4 is 10.9 Å². The van der Waals surface area contributed by atoms with Crippen LogP contribution in [0.2, 0.25) is 0 Å². The van der Waals surface area contributed by atoms with E-state index in [9.17, 15) is 0 Å². The minimum Gasteiger partial charge on any atom is -0.282 e. The second-order valence-corrected chi connectivity index (χ2v) is 6.26. The molecule has 4 aromatic rings. The van der Waals surface area contributed by atoms with Gasteiger partial charge in [-0.3, -0.25) is 14.1 Å². The fraction of sp³-hybridized carbons (Fsp3) is 0.167. The lowest BCUT2D eigenvalue weighted by atomic mass is 10.1. The Morgan fingerprint density at radius 2 is 1.96 bits per heavy atom. The lowest BCUT2D eigenvalue weighted by Crippen LogP contribution is -2.41. The molecule has 1 aromatic carbocycles. The molecule has 4 heterocycles. The molecule has 27 heavy (non-hydrogen) atoms. The smallest absolute Gasteiger partial charge is 0.237 e. The van der Waals surface area contributed by atoms with Crippen molar-refractivity contribution in [2.45, 2.75) is 19.4 Å². The van der Waals surface area contributed by atoms with Crippen LogP contribution in [0, 0.1) is 0 Å². The molecule has 134 valence electrons. The maximum absolute atomic E-state index is 6.38.